The highest BCUT2D eigenvalue weighted by Gasteiger charge is 2.20. The van der Waals surface area contributed by atoms with Crippen molar-refractivity contribution in [2.45, 2.75) is 43.5 Å². The largest absolute Gasteiger partial charge is 0.376 e. The number of hydrogen-bond acceptors (Lipinski definition) is 4. The summed E-state index contributed by atoms with van der Waals surface area (Å²) in [6.07, 6.45) is 6.00. The first kappa shape index (κ1) is 16.1. The Morgan fingerprint density at radius 3 is 2.96 bits per heavy atom. The number of hydrogen-bond donors (Lipinski definition) is 0. The van der Waals surface area contributed by atoms with Crippen molar-refractivity contribution in [2.75, 3.05) is 12.4 Å². The molecule has 1 aliphatic heterocycles. The lowest BCUT2D eigenvalue weighted by atomic mass is 10.1. The van der Waals surface area contributed by atoms with Crippen LogP contribution in [-0.4, -0.2) is 28.0 Å². The summed E-state index contributed by atoms with van der Waals surface area (Å²) in [5, 5.41) is 9.69. The van der Waals surface area contributed by atoms with Gasteiger partial charge in [0.05, 0.1) is 30.6 Å². The molecule has 23 heavy (non-hydrogen) atoms. The van der Waals surface area contributed by atoms with Gasteiger partial charge in [-0.3, -0.25) is 0 Å². The maximum absolute atomic E-state index is 8.66. The van der Waals surface area contributed by atoms with Crippen LogP contribution in [0.1, 0.15) is 25.7 Å². The first-order valence-corrected chi connectivity index (χ1v) is 9.09. The number of nitriles is 1. The van der Waals surface area contributed by atoms with Gasteiger partial charge in [-0.1, -0.05) is 42.1 Å². The minimum Gasteiger partial charge on any atom is -0.376 e. The monoisotopic (exact) mass is 327 g/mol. The van der Waals surface area contributed by atoms with Crippen molar-refractivity contribution >= 4 is 11.8 Å². The number of aromatic nitrogens is 2. The van der Waals surface area contributed by atoms with Gasteiger partial charge in [0.25, 0.3) is 0 Å². The Balaban J connectivity index is 1.80. The van der Waals surface area contributed by atoms with Gasteiger partial charge in [-0.25, -0.2) is 4.98 Å². The average Bonchev–Trinajstić information content (AvgIpc) is 3.23. The molecule has 0 bridgehead atoms. The van der Waals surface area contributed by atoms with E-state index in [-0.39, 0.29) is 6.10 Å². The summed E-state index contributed by atoms with van der Waals surface area (Å²) in [4.78, 5) is 4.62. The van der Waals surface area contributed by atoms with Crippen molar-refractivity contribution in [3.8, 4) is 17.3 Å². The first-order chi connectivity index (χ1) is 11.4. The molecule has 0 amide bonds. The molecule has 5 heteroatoms. The number of thioether (sulfide) groups is 1. The van der Waals surface area contributed by atoms with Crippen molar-refractivity contribution in [2.24, 2.45) is 0 Å². The molecule has 0 radical (unpaired) electrons. The molecule has 0 saturated carbocycles. The van der Waals surface area contributed by atoms with Crippen LogP contribution in [0, 0.1) is 11.3 Å². The van der Waals surface area contributed by atoms with E-state index in [1.54, 1.807) is 11.8 Å². The van der Waals surface area contributed by atoms with Crippen molar-refractivity contribution in [1.29, 1.82) is 5.26 Å². The molecule has 2 aromatic rings. The molecule has 3 rings (SSSR count). The number of nitrogens with zero attached hydrogens (tertiary/aromatic N) is 3. The normalized spacial score (nSPS) is 17.3. The molecule has 2 heterocycles. The molecule has 120 valence electrons. The van der Waals surface area contributed by atoms with Gasteiger partial charge in [-0.2, -0.15) is 5.26 Å². The maximum atomic E-state index is 8.66. The van der Waals surface area contributed by atoms with Crippen LogP contribution >= 0.6 is 11.8 Å². The molecule has 1 atom stereocenters. The third kappa shape index (κ3) is 4.15. The summed E-state index contributed by atoms with van der Waals surface area (Å²) in [7, 11) is 0. The fraction of sp³-hybridized carbons (Fsp3) is 0.444. The standard InChI is InChI=1S/C18H21N3OS/c19-10-4-5-12-23-18-20-13-17(15-7-2-1-3-8-15)21(18)14-16-9-6-11-22-16/h1-3,7-8,13,16H,4-6,9,11-12,14H2. The van der Waals surface area contributed by atoms with Crippen molar-refractivity contribution in [1.82, 2.24) is 9.55 Å². The van der Waals surface area contributed by atoms with Crippen LogP contribution in [0.5, 0.6) is 0 Å². The van der Waals surface area contributed by atoms with E-state index < -0.39 is 0 Å². The quantitative estimate of drug-likeness (QED) is 0.567. The fourth-order valence-electron chi connectivity index (χ4n) is 2.80. The minimum absolute atomic E-state index is 0.283. The minimum atomic E-state index is 0.283. The topological polar surface area (TPSA) is 50.8 Å². The molecule has 0 aliphatic carbocycles. The van der Waals surface area contributed by atoms with Crippen molar-refractivity contribution in [3.63, 3.8) is 0 Å². The average molecular weight is 327 g/mol. The third-order valence-corrected chi connectivity index (χ3v) is 5.04. The summed E-state index contributed by atoms with van der Waals surface area (Å²) >= 11 is 1.73. The molecule has 1 aromatic carbocycles. The molecule has 0 spiro atoms. The van der Waals surface area contributed by atoms with Crippen LogP contribution in [-0.2, 0) is 11.3 Å². The van der Waals surface area contributed by atoms with Gasteiger partial charge in [-0.05, 0) is 24.8 Å². The van der Waals surface area contributed by atoms with Gasteiger partial charge < -0.3 is 9.30 Å². The van der Waals surface area contributed by atoms with Crippen molar-refractivity contribution < 1.29 is 4.74 Å². The Labute approximate surface area is 141 Å². The predicted octanol–water partition coefficient (Wildman–Crippen LogP) is 4.12. The smallest absolute Gasteiger partial charge is 0.168 e. The summed E-state index contributed by atoms with van der Waals surface area (Å²) in [5.74, 6) is 0.921. The second-order valence-corrected chi connectivity index (χ2v) is 6.71. The summed E-state index contributed by atoms with van der Waals surface area (Å²) < 4.78 is 8.09. The second kappa shape index (κ2) is 8.19. The zero-order valence-corrected chi connectivity index (χ0v) is 14.0. The van der Waals surface area contributed by atoms with Gasteiger partial charge in [0, 0.05) is 18.8 Å². The van der Waals surface area contributed by atoms with Gasteiger partial charge in [0.2, 0.25) is 0 Å². The summed E-state index contributed by atoms with van der Waals surface area (Å²) in [6, 6.07) is 12.6. The van der Waals surface area contributed by atoms with E-state index in [1.807, 2.05) is 12.3 Å². The fourth-order valence-corrected chi connectivity index (χ4v) is 3.72. The van der Waals surface area contributed by atoms with Crippen LogP contribution in [0.3, 0.4) is 0 Å². The molecular formula is C18H21N3OS. The van der Waals surface area contributed by atoms with Crippen LogP contribution in [0.15, 0.2) is 41.7 Å². The Morgan fingerprint density at radius 1 is 1.35 bits per heavy atom. The van der Waals surface area contributed by atoms with E-state index in [2.05, 4.69) is 39.9 Å². The maximum Gasteiger partial charge on any atom is 0.168 e. The van der Waals surface area contributed by atoms with Crippen LogP contribution in [0.4, 0.5) is 0 Å². The second-order valence-electron chi connectivity index (χ2n) is 5.65. The van der Waals surface area contributed by atoms with Crippen molar-refractivity contribution in [3.05, 3.63) is 36.5 Å². The van der Waals surface area contributed by atoms with Gasteiger partial charge >= 0.3 is 0 Å². The number of unbranched alkanes of at least 4 members (excludes halogenated alkanes) is 1. The summed E-state index contributed by atoms with van der Waals surface area (Å²) in [6.45, 7) is 1.72. The first-order valence-electron chi connectivity index (χ1n) is 8.11. The zero-order chi connectivity index (χ0) is 15.9. The SMILES string of the molecule is N#CCCCSc1ncc(-c2ccccc2)n1CC1CCCO1. The highest BCUT2D eigenvalue weighted by Crippen LogP contribution is 2.28. The third-order valence-electron chi connectivity index (χ3n) is 3.96. The van der Waals surface area contributed by atoms with E-state index in [4.69, 9.17) is 10.00 Å². The van der Waals surface area contributed by atoms with E-state index >= 15 is 0 Å². The highest BCUT2D eigenvalue weighted by molar-refractivity contribution is 7.99. The number of rotatable bonds is 7. The molecule has 1 fully saturated rings. The molecule has 1 unspecified atom stereocenters. The zero-order valence-electron chi connectivity index (χ0n) is 13.1. The van der Waals surface area contributed by atoms with E-state index in [0.717, 1.165) is 49.0 Å². The molecule has 4 nitrogen and oxygen atoms in total. The predicted molar refractivity (Wildman–Crippen MR) is 92.2 cm³/mol. The number of benzene rings is 1. The Kier molecular flexibility index (Phi) is 5.73. The Morgan fingerprint density at radius 2 is 2.22 bits per heavy atom. The molecule has 1 aliphatic rings. The molecule has 1 saturated heterocycles. The van der Waals surface area contributed by atoms with E-state index in [1.165, 1.54) is 5.56 Å². The number of imidazole rings is 1. The Bertz CT molecular complexity index is 657. The molecule has 0 N–H and O–H groups in total. The van der Waals surface area contributed by atoms with Gasteiger partial charge in [-0.15, -0.1) is 0 Å². The lowest BCUT2D eigenvalue weighted by Crippen LogP contribution is -2.16. The summed E-state index contributed by atoms with van der Waals surface area (Å²) in [5.41, 5.74) is 2.32. The van der Waals surface area contributed by atoms with E-state index in [0.29, 0.717) is 6.42 Å². The van der Waals surface area contributed by atoms with E-state index in [9.17, 15) is 0 Å². The Hall–Kier alpha value is -1.77. The van der Waals surface area contributed by atoms with Crippen LogP contribution < -0.4 is 0 Å². The number of ether oxygens (including phenoxy) is 1. The van der Waals surface area contributed by atoms with Gasteiger partial charge in [0.15, 0.2) is 5.16 Å². The van der Waals surface area contributed by atoms with Crippen LogP contribution in [0.2, 0.25) is 0 Å². The lowest BCUT2D eigenvalue weighted by Gasteiger charge is -2.16. The van der Waals surface area contributed by atoms with Gasteiger partial charge in [0.1, 0.15) is 0 Å². The molecule has 1 aromatic heterocycles. The molecular weight excluding hydrogens is 306 g/mol. The highest BCUT2D eigenvalue weighted by atomic mass is 32.2. The lowest BCUT2D eigenvalue weighted by molar-refractivity contribution is 0.0954. The van der Waals surface area contributed by atoms with Crippen LogP contribution in [0.25, 0.3) is 11.3 Å².